The second kappa shape index (κ2) is 38.7. The van der Waals surface area contributed by atoms with Crippen LogP contribution in [0.15, 0.2) is 0 Å². The third-order valence-corrected chi connectivity index (χ3v) is 10.3. The summed E-state index contributed by atoms with van der Waals surface area (Å²) in [4.78, 5) is 72.3. The van der Waals surface area contributed by atoms with Crippen molar-refractivity contribution in [1.29, 1.82) is 0 Å². The molecule has 0 aliphatic rings. The Morgan fingerprint density at radius 3 is 0.911 bits per heavy atom. The minimum atomic E-state index is -1.08. The molecule has 0 aromatic carbocycles. The molecule has 0 fully saturated rings. The van der Waals surface area contributed by atoms with Crippen molar-refractivity contribution in [2.45, 2.75) is 231 Å². The summed E-state index contributed by atoms with van der Waals surface area (Å²) in [7, 11) is 0. The molecule has 0 aromatic heterocycles. The highest BCUT2D eigenvalue weighted by atomic mass is 16.4. The van der Waals surface area contributed by atoms with Crippen LogP contribution in [0.4, 0.5) is 0 Å². The first-order valence-corrected chi connectivity index (χ1v) is 22.7. The summed E-state index contributed by atoms with van der Waals surface area (Å²) >= 11 is 0. The van der Waals surface area contributed by atoms with Crippen molar-refractivity contribution < 1.29 is 39.0 Å². The van der Waals surface area contributed by atoms with Crippen molar-refractivity contribution in [3.63, 3.8) is 0 Å². The van der Waals surface area contributed by atoms with Crippen molar-refractivity contribution in [2.24, 2.45) is 0 Å². The summed E-state index contributed by atoms with van der Waals surface area (Å²) in [5.74, 6) is -2.75. The monoisotopic (exact) mass is 795 g/mol. The van der Waals surface area contributed by atoms with E-state index in [1.165, 1.54) is 89.9 Å². The number of amides is 4. The summed E-state index contributed by atoms with van der Waals surface area (Å²) in [5.41, 5.74) is 0. The Bertz CT molecular complexity index is 961. The van der Waals surface area contributed by atoms with Gasteiger partial charge in [-0.15, -0.1) is 0 Å². The maximum atomic E-state index is 12.4. The van der Waals surface area contributed by atoms with Gasteiger partial charge in [-0.05, 0) is 64.2 Å². The molecule has 0 aromatic rings. The van der Waals surface area contributed by atoms with E-state index in [0.717, 1.165) is 25.7 Å². The van der Waals surface area contributed by atoms with Crippen LogP contribution in [-0.2, 0) is 28.8 Å². The number of carboxylic acid groups (broad SMARTS) is 2. The number of carboxylic acids is 2. The highest BCUT2D eigenvalue weighted by molar-refractivity contribution is 5.84. The van der Waals surface area contributed by atoms with Crippen LogP contribution in [-0.4, -0.2) is 71.0 Å². The van der Waals surface area contributed by atoms with E-state index in [2.05, 4.69) is 35.1 Å². The SMILES string of the molecule is CCCCCCCCCCCC(=O)NCCCC[C@H](NC(=O)CCCCCCC(=O)N[C@@H](CCCCNC(=O)CCCCCCCCCCC)C(=O)O)C(=O)O. The van der Waals surface area contributed by atoms with Gasteiger partial charge in [0.15, 0.2) is 0 Å². The topological polar surface area (TPSA) is 191 Å². The maximum Gasteiger partial charge on any atom is 0.326 e. The van der Waals surface area contributed by atoms with Crippen LogP contribution in [0.2, 0.25) is 0 Å². The van der Waals surface area contributed by atoms with Gasteiger partial charge in [-0.3, -0.25) is 19.2 Å². The van der Waals surface area contributed by atoms with Crippen molar-refractivity contribution >= 4 is 35.6 Å². The fourth-order valence-electron chi connectivity index (χ4n) is 6.74. The van der Waals surface area contributed by atoms with Gasteiger partial charge in [0.25, 0.3) is 0 Å². The van der Waals surface area contributed by atoms with Crippen LogP contribution in [0, 0.1) is 0 Å². The smallest absolute Gasteiger partial charge is 0.326 e. The average molecular weight is 795 g/mol. The molecule has 0 spiro atoms. The Balaban J connectivity index is 3.94. The molecule has 12 heteroatoms. The number of nitrogens with one attached hydrogen (secondary N) is 4. The summed E-state index contributed by atoms with van der Waals surface area (Å²) in [6.07, 6.45) is 28.5. The summed E-state index contributed by atoms with van der Waals surface area (Å²) in [6, 6.07) is -1.95. The van der Waals surface area contributed by atoms with Gasteiger partial charge in [0, 0.05) is 38.8 Å². The summed E-state index contributed by atoms with van der Waals surface area (Å²) in [5, 5.41) is 30.1. The van der Waals surface area contributed by atoms with Crippen molar-refractivity contribution in [2.75, 3.05) is 13.1 Å². The number of carbonyl (C=O) groups is 6. The molecule has 2 atom stereocenters. The zero-order valence-electron chi connectivity index (χ0n) is 35.5. The van der Waals surface area contributed by atoms with Gasteiger partial charge in [-0.1, -0.05) is 129 Å². The van der Waals surface area contributed by atoms with Gasteiger partial charge < -0.3 is 31.5 Å². The van der Waals surface area contributed by atoms with Crippen LogP contribution in [0.1, 0.15) is 219 Å². The first-order chi connectivity index (χ1) is 27.1. The number of carbonyl (C=O) groups excluding carboxylic acids is 4. The van der Waals surface area contributed by atoms with Gasteiger partial charge in [-0.25, -0.2) is 9.59 Å². The molecular formula is C44H82N4O8. The van der Waals surface area contributed by atoms with Crippen LogP contribution in [0.5, 0.6) is 0 Å². The molecule has 0 rings (SSSR count). The van der Waals surface area contributed by atoms with E-state index in [1.54, 1.807) is 0 Å². The highest BCUT2D eigenvalue weighted by Gasteiger charge is 2.20. The second-order valence-electron chi connectivity index (χ2n) is 15.7. The maximum absolute atomic E-state index is 12.4. The zero-order valence-corrected chi connectivity index (χ0v) is 35.5. The van der Waals surface area contributed by atoms with Crippen molar-refractivity contribution in [3.05, 3.63) is 0 Å². The average Bonchev–Trinajstić information content (AvgIpc) is 3.16. The molecule has 0 saturated heterocycles. The summed E-state index contributed by atoms with van der Waals surface area (Å²) < 4.78 is 0. The quantitative estimate of drug-likeness (QED) is 0.0331. The molecular weight excluding hydrogens is 713 g/mol. The van der Waals surface area contributed by atoms with Gasteiger partial charge in [-0.2, -0.15) is 0 Å². The molecule has 6 N–H and O–H groups in total. The number of hydrogen-bond acceptors (Lipinski definition) is 6. The van der Waals surface area contributed by atoms with E-state index < -0.39 is 24.0 Å². The van der Waals surface area contributed by atoms with Gasteiger partial charge >= 0.3 is 11.9 Å². The summed E-state index contributed by atoms with van der Waals surface area (Å²) in [6.45, 7) is 5.42. The Hall–Kier alpha value is -3.18. The number of rotatable bonds is 41. The molecule has 12 nitrogen and oxygen atoms in total. The minimum Gasteiger partial charge on any atom is -0.480 e. The lowest BCUT2D eigenvalue weighted by molar-refractivity contribution is -0.142. The Morgan fingerprint density at radius 1 is 0.357 bits per heavy atom. The predicted molar refractivity (Wildman–Crippen MR) is 224 cm³/mol. The van der Waals surface area contributed by atoms with Gasteiger partial charge in [0.05, 0.1) is 0 Å². The first kappa shape index (κ1) is 52.8. The number of aliphatic carboxylic acids is 2. The van der Waals surface area contributed by atoms with E-state index in [0.29, 0.717) is 77.3 Å². The van der Waals surface area contributed by atoms with E-state index >= 15 is 0 Å². The van der Waals surface area contributed by atoms with Crippen LogP contribution in [0.3, 0.4) is 0 Å². The standard InChI is InChI=1S/C44H82N4O8/c1-3-5-7-9-11-13-15-17-21-31-39(49)45-35-27-25-29-37(43(53)54)47-41(51)33-23-19-20-24-34-42(52)48-38(44(55)56)30-26-28-36-46-40(50)32-22-18-16-14-12-10-8-6-4-2/h37-38H,3-36H2,1-2H3,(H,45,49)(H,46,50)(H,47,51)(H,48,52)(H,53,54)(H,55,56)/t37-,38-/m0/s1. The Labute approximate surface area is 339 Å². The van der Waals surface area contributed by atoms with E-state index in [9.17, 15) is 39.0 Å². The van der Waals surface area contributed by atoms with Crippen LogP contribution >= 0.6 is 0 Å². The van der Waals surface area contributed by atoms with E-state index in [-0.39, 0.29) is 49.3 Å². The molecule has 0 aliphatic heterocycles. The fraction of sp³-hybridized carbons (Fsp3) is 0.864. The largest absolute Gasteiger partial charge is 0.480 e. The lowest BCUT2D eigenvalue weighted by atomic mass is 10.1. The molecule has 0 bridgehead atoms. The molecule has 0 radical (unpaired) electrons. The van der Waals surface area contributed by atoms with E-state index in [1.807, 2.05) is 0 Å². The Morgan fingerprint density at radius 2 is 0.625 bits per heavy atom. The van der Waals surface area contributed by atoms with Crippen molar-refractivity contribution in [1.82, 2.24) is 21.3 Å². The molecule has 0 aliphatic carbocycles. The normalized spacial score (nSPS) is 12.1. The molecule has 56 heavy (non-hydrogen) atoms. The highest BCUT2D eigenvalue weighted by Crippen LogP contribution is 2.13. The number of unbranched alkanes of at least 4 members (excludes halogenated alkanes) is 21. The van der Waals surface area contributed by atoms with E-state index in [4.69, 9.17) is 0 Å². The van der Waals surface area contributed by atoms with Gasteiger partial charge in [0.1, 0.15) is 12.1 Å². The second-order valence-corrected chi connectivity index (χ2v) is 15.7. The molecule has 326 valence electrons. The Kier molecular flexibility index (Phi) is 36.5. The lowest BCUT2D eigenvalue weighted by Crippen LogP contribution is -2.40. The van der Waals surface area contributed by atoms with Crippen LogP contribution in [0.25, 0.3) is 0 Å². The third-order valence-electron chi connectivity index (χ3n) is 10.3. The van der Waals surface area contributed by atoms with Crippen molar-refractivity contribution in [3.8, 4) is 0 Å². The number of hydrogen-bond donors (Lipinski definition) is 6. The molecule has 0 saturated carbocycles. The van der Waals surface area contributed by atoms with Crippen LogP contribution < -0.4 is 21.3 Å². The minimum absolute atomic E-state index is 0.0325. The lowest BCUT2D eigenvalue weighted by Gasteiger charge is -2.15. The fourth-order valence-corrected chi connectivity index (χ4v) is 6.74. The predicted octanol–water partition coefficient (Wildman–Crippen LogP) is 8.88. The first-order valence-electron chi connectivity index (χ1n) is 22.7. The molecule has 0 heterocycles. The zero-order chi connectivity index (χ0) is 41.5. The van der Waals surface area contributed by atoms with Gasteiger partial charge in [0.2, 0.25) is 23.6 Å². The molecule has 4 amide bonds. The molecule has 0 unspecified atom stereocenters. The third kappa shape index (κ3) is 35.2.